The average Bonchev–Trinajstić information content (AvgIpc) is 2.83. The largest absolute Gasteiger partial charge is 0.412 e. The highest BCUT2D eigenvalue weighted by Gasteiger charge is 2.28. The molecule has 1 saturated carbocycles. The van der Waals surface area contributed by atoms with Crippen molar-refractivity contribution in [2.75, 3.05) is 0 Å². The van der Waals surface area contributed by atoms with Crippen molar-refractivity contribution < 1.29 is 5.48 Å². The monoisotopic (exact) mass is 220 g/mol. The van der Waals surface area contributed by atoms with Crippen LogP contribution in [0.2, 0.25) is 0 Å². The fraction of sp³-hybridized carbons (Fsp3) is 0.667. The van der Waals surface area contributed by atoms with Crippen LogP contribution in [0.15, 0.2) is 9.98 Å². The molecule has 2 aliphatic rings. The van der Waals surface area contributed by atoms with E-state index in [-0.39, 0.29) is 11.4 Å². The van der Waals surface area contributed by atoms with E-state index in [0.717, 1.165) is 12.8 Å². The van der Waals surface area contributed by atoms with Crippen LogP contribution in [0.25, 0.3) is 0 Å². The summed E-state index contributed by atoms with van der Waals surface area (Å²) >= 11 is 5.82. The van der Waals surface area contributed by atoms with Crippen molar-refractivity contribution in [3.8, 4) is 0 Å². The van der Waals surface area contributed by atoms with Crippen LogP contribution in [-0.4, -0.2) is 34.1 Å². The van der Waals surface area contributed by atoms with Crippen molar-refractivity contribution in [3.63, 3.8) is 0 Å². The zero-order valence-corrected chi connectivity index (χ0v) is 8.20. The lowest BCUT2D eigenvalue weighted by atomic mass is 10.6. The molecular weight excluding hydrogens is 208 g/mol. The van der Waals surface area contributed by atoms with Gasteiger partial charge in [0, 0.05) is 17.8 Å². The Morgan fingerprint density at radius 2 is 2.14 bits per heavy atom. The molecule has 1 fully saturated rings. The summed E-state index contributed by atoms with van der Waals surface area (Å²) in [5.74, 6) is 0.650. The van der Waals surface area contributed by atoms with Crippen molar-refractivity contribution in [1.82, 2.24) is 9.74 Å². The minimum absolute atomic E-state index is 0. The number of aliphatic imine (C=N–C) groups is 2. The molecule has 2 rings (SSSR count). The highest BCUT2D eigenvalue weighted by Crippen LogP contribution is 2.20. The third kappa shape index (κ3) is 2.25. The smallest absolute Gasteiger partial charge is 0.221 e. The Kier molecular flexibility index (Phi) is 3.14. The van der Waals surface area contributed by atoms with Crippen LogP contribution in [0.1, 0.15) is 12.8 Å². The summed E-state index contributed by atoms with van der Waals surface area (Å²) in [6, 6.07) is 0.457. The minimum Gasteiger partial charge on any atom is -0.412 e. The van der Waals surface area contributed by atoms with E-state index < -0.39 is 6.29 Å². The normalized spacial score (nSPS) is 26.1. The SMILES string of the molecule is NC1=NC(N)N(Cl)C(NC2CC2)=N1.O. The molecule has 7 N–H and O–H groups in total. The van der Waals surface area contributed by atoms with Gasteiger partial charge in [0.1, 0.15) is 0 Å². The van der Waals surface area contributed by atoms with Crippen LogP contribution in [0.5, 0.6) is 0 Å². The number of nitrogens with one attached hydrogen (secondary N) is 1. The van der Waals surface area contributed by atoms with Gasteiger partial charge < -0.3 is 16.5 Å². The number of hydrogen-bond acceptors (Lipinski definition) is 6. The first-order valence-corrected chi connectivity index (χ1v) is 4.40. The van der Waals surface area contributed by atoms with E-state index in [9.17, 15) is 0 Å². The number of hydrogen-bond donors (Lipinski definition) is 3. The predicted molar refractivity (Wildman–Crippen MR) is 54.5 cm³/mol. The lowest BCUT2D eigenvalue weighted by Gasteiger charge is -2.25. The molecule has 0 radical (unpaired) electrons. The van der Waals surface area contributed by atoms with Gasteiger partial charge in [0.25, 0.3) is 0 Å². The van der Waals surface area contributed by atoms with E-state index in [1.807, 2.05) is 0 Å². The first-order chi connectivity index (χ1) is 6.16. The van der Waals surface area contributed by atoms with E-state index in [1.54, 1.807) is 0 Å². The molecule has 1 unspecified atom stereocenters. The first-order valence-electron chi connectivity index (χ1n) is 4.06. The quantitative estimate of drug-likeness (QED) is 0.456. The van der Waals surface area contributed by atoms with Crippen molar-refractivity contribution in [1.29, 1.82) is 0 Å². The lowest BCUT2D eigenvalue weighted by molar-refractivity contribution is 0.468. The van der Waals surface area contributed by atoms with Gasteiger partial charge in [0.05, 0.1) is 0 Å². The number of rotatable bonds is 1. The predicted octanol–water partition coefficient (Wildman–Crippen LogP) is -1.70. The summed E-state index contributed by atoms with van der Waals surface area (Å²) in [6.07, 6.45) is 1.62. The summed E-state index contributed by atoms with van der Waals surface area (Å²) in [7, 11) is 0. The maximum atomic E-state index is 5.82. The molecule has 0 amide bonds. The number of halogens is 1. The second kappa shape index (κ2) is 3.99. The Hall–Kier alpha value is -1.05. The zero-order chi connectivity index (χ0) is 9.42. The Labute approximate surface area is 86.2 Å². The Bertz CT molecular complexity index is 275. The van der Waals surface area contributed by atoms with E-state index in [1.165, 1.54) is 4.42 Å². The molecule has 8 heteroatoms. The summed E-state index contributed by atoms with van der Waals surface area (Å²) in [4.78, 5) is 7.72. The molecule has 0 aromatic rings. The summed E-state index contributed by atoms with van der Waals surface area (Å²) in [5.41, 5.74) is 11.0. The fourth-order valence-electron chi connectivity index (χ4n) is 1.00. The third-order valence-corrected chi connectivity index (χ3v) is 2.19. The summed E-state index contributed by atoms with van der Waals surface area (Å²) in [5, 5.41) is 3.11. The van der Waals surface area contributed by atoms with Crippen molar-refractivity contribution in [2.24, 2.45) is 21.5 Å². The minimum atomic E-state index is -0.652. The maximum absolute atomic E-state index is 5.82. The molecule has 1 heterocycles. The molecule has 1 atom stereocenters. The van der Waals surface area contributed by atoms with Gasteiger partial charge in [0.2, 0.25) is 11.9 Å². The van der Waals surface area contributed by atoms with Gasteiger partial charge >= 0.3 is 0 Å². The summed E-state index contributed by atoms with van der Waals surface area (Å²) in [6.45, 7) is 0. The summed E-state index contributed by atoms with van der Waals surface area (Å²) < 4.78 is 1.24. The molecule has 0 aromatic heterocycles. The second-order valence-electron chi connectivity index (χ2n) is 3.07. The number of nitrogens with zero attached hydrogens (tertiary/aromatic N) is 3. The molecule has 0 saturated heterocycles. The molecule has 1 aliphatic heterocycles. The van der Waals surface area contributed by atoms with E-state index in [4.69, 9.17) is 23.2 Å². The molecule has 80 valence electrons. The van der Waals surface area contributed by atoms with Crippen molar-refractivity contribution in [3.05, 3.63) is 0 Å². The molecule has 7 nitrogen and oxygen atoms in total. The van der Waals surface area contributed by atoms with Gasteiger partial charge in [-0.3, -0.25) is 5.73 Å². The van der Waals surface area contributed by atoms with Gasteiger partial charge in [0.15, 0.2) is 6.29 Å². The van der Waals surface area contributed by atoms with Crippen molar-refractivity contribution in [2.45, 2.75) is 25.2 Å². The molecule has 14 heavy (non-hydrogen) atoms. The van der Waals surface area contributed by atoms with Crippen LogP contribution >= 0.6 is 11.8 Å². The Morgan fingerprint density at radius 3 is 2.71 bits per heavy atom. The van der Waals surface area contributed by atoms with E-state index in [0.29, 0.717) is 12.0 Å². The molecule has 0 spiro atoms. The Morgan fingerprint density at radius 1 is 1.50 bits per heavy atom. The highest BCUT2D eigenvalue weighted by atomic mass is 35.5. The molecule has 1 aliphatic carbocycles. The van der Waals surface area contributed by atoms with Crippen LogP contribution in [0.4, 0.5) is 0 Å². The molecular formula is C6H13ClN6O. The number of nitrogens with two attached hydrogens (primary N) is 2. The topological polar surface area (TPSA) is 124 Å². The fourth-order valence-corrected chi connectivity index (χ4v) is 1.13. The van der Waals surface area contributed by atoms with E-state index >= 15 is 0 Å². The van der Waals surface area contributed by atoms with E-state index in [2.05, 4.69) is 15.3 Å². The third-order valence-electron chi connectivity index (χ3n) is 1.83. The van der Waals surface area contributed by atoms with Crippen LogP contribution < -0.4 is 16.8 Å². The van der Waals surface area contributed by atoms with Gasteiger partial charge in [-0.2, -0.15) is 4.99 Å². The van der Waals surface area contributed by atoms with Gasteiger partial charge in [-0.1, -0.05) is 0 Å². The first kappa shape index (κ1) is 11.0. The average molecular weight is 221 g/mol. The second-order valence-corrected chi connectivity index (χ2v) is 3.43. The van der Waals surface area contributed by atoms with Crippen LogP contribution in [0.3, 0.4) is 0 Å². The van der Waals surface area contributed by atoms with Gasteiger partial charge in [-0.05, 0) is 12.8 Å². The lowest BCUT2D eigenvalue weighted by Crippen LogP contribution is -2.49. The van der Waals surface area contributed by atoms with Gasteiger partial charge in [-0.15, -0.1) is 0 Å². The standard InChI is InChI=1S/C6H11ClN6.H2O/c7-13-5(9)11-4(8)12-6(13)10-3-1-2-3;/h3,5H,1-2,9H2,(H3,8,10,11,12);1H2. The molecule has 0 aromatic carbocycles. The molecule has 0 bridgehead atoms. The highest BCUT2D eigenvalue weighted by molar-refractivity contribution is 6.23. The van der Waals surface area contributed by atoms with Crippen LogP contribution in [-0.2, 0) is 0 Å². The Balaban J connectivity index is 0.000000980. The number of guanidine groups is 2. The van der Waals surface area contributed by atoms with Gasteiger partial charge in [-0.25, -0.2) is 9.41 Å². The zero-order valence-electron chi connectivity index (χ0n) is 7.44. The maximum Gasteiger partial charge on any atom is 0.221 e. The van der Waals surface area contributed by atoms with Crippen LogP contribution in [0, 0.1) is 0 Å². The van der Waals surface area contributed by atoms with Crippen molar-refractivity contribution >= 4 is 23.7 Å².